The molecule has 0 radical (unpaired) electrons. The molecule has 23 heavy (non-hydrogen) atoms. The zero-order chi connectivity index (χ0) is 16.7. The third kappa shape index (κ3) is 5.99. The number of pyridine rings is 1. The fraction of sp³-hybridized carbons (Fsp3) is 0.368. The molecule has 0 aliphatic rings. The van der Waals surface area contributed by atoms with Crippen LogP contribution in [0.4, 0.5) is 0 Å². The van der Waals surface area contributed by atoms with E-state index >= 15 is 0 Å². The summed E-state index contributed by atoms with van der Waals surface area (Å²) in [5, 5.41) is 3.86. The Bertz CT molecular complexity index is 736. The van der Waals surface area contributed by atoms with Crippen LogP contribution in [-0.4, -0.2) is 24.0 Å². The molecule has 0 saturated heterocycles. The summed E-state index contributed by atoms with van der Waals surface area (Å²) in [6.07, 6.45) is 2.25. The maximum atomic E-state index is 11.6. The highest BCUT2D eigenvalue weighted by atomic mass is 16.5. The molecule has 4 nitrogen and oxygen atoms in total. The topological polar surface area (TPSA) is 51.2 Å². The number of ether oxygens (including phenoxy) is 1. The van der Waals surface area contributed by atoms with Crippen LogP contribution in [0.3, 0.4) is 0 Å². The van der Waals surface area contributed by atoms with E-state index < -0.39 is 0 Å². The van der Waals surface area contributed by atoms with Gasteiger partial charge in [-0.25, -0.2) is 0 Å². The number of hydrogen-bond acceptors (Lipinski definition) is 3. The first-order valence-electron chi connectivity index (χ1n) is 7.64. The number of benzene rings is 1. The van der Waals surface area contributed by atoms with Crippen molar-refractivity contribution in [3.05, 3.63) is 36.5 Å². The van der Waals surface area contributed by atoms with Crippen LogP contribution in [0, 0.1) is 17.3 Å². The average molecular weight is 310 g/mol. The molecule has 0 aliphatic carbocycles. The first kappa shape index (κ1) is 16.8. The number of amides is 1. The van der Waals surface area contributed by atoms with Crippen LogP contribution in [0.15, 0.2) is 36.5 Å². The summed E-state index contributed by atoms with van der Waals surface area (Å²) in [6.45, 7) is 6.73. The summed E-state index contributed by atoms with van der Waals surface area (Å²) in [6, 6.07) is 9.67. The van der Waals surface area contributed by atoms with Crippen molar-refractivity contribution in [3.8, 4) is 17.6 Å². The Morgan fingerprint density at radius 1 is 1.26 bits per heavy atom. The third-order valence-corrected chi connectivity index (χ3v) is 3.08. The zero-order valence-electron chi connectivity index (χ0n) is 13.8. The van der Waals surface area contributed by atoms with Crippen LogP contribution in [0.1, 0.15) is 27.2 Å². The molecule has 1 aromatic heterocycles. The molecule has 0 fully saturated rings. The maximum absolute atomic E-state index is 11.6. The van der Waals surface area contributed by atoms with E-state index in [9.17, 15) is 4.79 Å². The Morgan fingerprint density at radius 3 is 2.87 bits per heavy atom. The van der Waals surface area contributed by atoms with Gasteiger partial charge in [-0.1, -0.05) is 38.7 Å². The number of nitrogens with one attached hydrogen (secondary N) is 1. The molecule has 1 heterocycles. The highest BCUT2D eigenvalue weighted by Gasteiger charge is 2.14. The maximum Gasteiger partial charge on any atom is 0.221 e. The SMILES string of the molecule is CC(C)(C)CC(=O)NCC#CCOc1ccc2cccnc2c1. The monoisotopic (exact) mass is 310 g/mol. The Labute approximate surface area is 137 Å². The van der Waals surface area contributed by atoms with Crippen LogP contribution in [0.2, 0.25) is 0 Å². The Balaban J connectivity index is 1.75. The summed E-state index contributed by atoms with van der Waals surface area (Å²) >= 11 is 0. The number of carbonyl (C=O) groups excluding carboxylic acids is 1. The van der Waals surface area contributed by atoms with Crippen molar-refractivity contribution < 1.29 is 9.53 Å². The number of aromatic nitrogens is 1. The minimum atomic E-state index is -0.00918. The van der Waals surface area contributed by atoms with Gasteiger partial charge < -0.3 is 10.1 Å². The lowest BCUT2D eigenvalue weighted by molar-refractivity contribution is -0.122. The van der Waals surface area contributed by atoms with Gasteiger partial charge >= 0.3 is 0 Å². The molecule has 1 N–H and O–H groups in total. The van der Waals surface area contributed by atoms with Gasteiger partial charge in [-0.3, -0.25) is 9.78 Å². The molecular weight excluding hydrogens is 288 g/mol. The van der Waals surface area contributed by atoms with E-state index in [0.717, 1.165) is 16.7 Å². The number of hydrogen-bond donors (Lipinski definition) is 1. The van der Waals surface area contributed by atoms with Crippen molar-refractivity contribution >= 4 is 16.8 Å². The second-order valence-electron chi connectivity index (χ2n) is 6.51. The lowest BCUT2D eigenvalue weighted by Gasteiger charge is -2.16. The summed E-state index contributed by atoms with van der Waals surface area (Å²) in [5.74, 6) is 6.54. The van der Waals surface area contributed by atoms with Crippen LogP contribution >= 0.6 is 0 Å². The predicted octanol–water partition coefficient (Wildman–Crippen LogP) is 3.17. The fourth-order valence-electron chi connectivity index (χ4n) is 2.06. The Hall–Kier alpha value is -2.54. The standard InChI is InChI=1S/C19H22N2O2/c1-19(2,3)14-18(22)21-10-4-5-12-23-16-9-8-15-7-6-11-20-17(15)13-16/h6-9,11,13H,10,12,14H2,1-3H3,(H,21,22). The number of rotatable bonds is 4. The summed E-state index contributed by atoms with van der Waals surface area (Å²) < 4.78 is 5.58. The van der Waals surface area contributed by atoms with Gasteiger partial charge in [0.05, 0.1) is 12.1 Å². The van der Waals surface area contributed by atoms with Gasteiger partial charge in [0.15, 0.2) is 0 Å². The molecule has 2 rings (SSSR count). The summed E-state index contributed by atoms with van der Waals surface area (Å²) in [4.78, 5) is 15.9. The number of nitrogens with zero attached hydrogens (tertiary/aromatic N) is 1. The Kier molecular flexibility index (Phi) is 5.59. The van der Waals surface area contributed by atoms with E-state index in [1.807, 2.05) is 51.1 Å². The molecule has 2 aromatic rings. The molecule has 120 valence electrons. The van der Waals surface area contributed by atoms with Crippen LogP contribution in [0.25, 0.3) is 10.9 Å². The van der Waals surface area contributed by atoms with Crippen molar-refractivity contribution in [1.82, 2.24) is 10.3 Å². The van der Waals surface area contributed by atoms with Gasteiger partial charge in [0.1, 0.15) is 12.4 Å². The summed E-state index contributed by atoms with van der Waals surface area (Å²) in [5.41, 5.74) is 0.887. The normalized spacial score (nSPS) is 10.7. The minimum Gasteiger partial charge on any atom is -0.481 e. The molecule has 0 saturated carbocycles. The van der Waals surface area contributed by atoms with Crippen molar-refractivity contribution in [3.63, 3.8) is 0 Å². The van der Waals surface area contributed by atoms with Crippen molar-refractivity contribution in [2.75, 3.05) is 13.2 Å². The molecule has 4 heteroatoms. The van der Waals surface area contributed by atoms with Gasteiger partial charge in [0.2, 0.25) is 5.91 Å². The van der Waals surface area contributed by atoms with E-state index in [1.165, 1.54) is 0 Å². The molecule has 1 amide bonds. The van der Waals surface area contributed by atoms with E-state index in [2.05, 4.69) is 22.1 Å². The number of fused-ring (bicyclic) bond motifs is 1. The van der Waals surface area contributed by atoms with Crippen LogP contribution in [-0.2, 0) is 4.79 Å². The van der Waals surface area contributed by atoms with E-state index in [4.69, 9.17) is 4.74 Å². The predicted molar refractivity (Wildman–Crippen MR) is 92.1 cm³/mol. The molecule has 1 aromatic carbocycles. The van der Waals surface area contributed by atoms with Gasteiger partial charge in [0, 0.05) is 24.1 Å². The van der Waals surface area contributed by atoms with Crippen molar-refractivity contribution in [2.24, 2.45) is 5.41 Å². The van der Waals surface area contributed by atoms with E-state index in [-0.39, 0.29) is 17.9 Å². The zero-order valence-corrected chi connectivity index (χ0v) is 13.8. The molecular formula is C19H22N2O2. The second kappa shape index (κ2) is 7.64. The molecule has 0 aliphatic heterocycles. The largest absolute Gasteiger partial charge is 0.481 e. The smallest absolute Gasteiger partial charge is 0.221 e. The quantitative estimate of drug-likeness (QED) is 0.883. The van der Waals surface area contributed by atoms with Gasteiger partial charge in [-0.2, -0.15) is 0 Å². The Morgan fingerprint density at radius 2 is 2.09 bits per heavy atom. The van der Waals surface area contributed by atoms with Crippen molar-refractivity contribution in [1.29, 1.82) is 0 Å². The van der Waals surface area contributed by atoms with E-state index in [1.54, 1.807) is 6.20 Å². The highest BCUT2D eigenvalue weighted by Crippen LogP contribution is 2.18. The van der Waals surface area contributed by atoms with Gasteiger partial charge in [-0.05, 0) is 23.6 Å². The molecule has 0 bridgehead atoms. The van der Waals surface area contributed by atoms with Crippen LogP contribution in [0.5, 0.6) is 5.75 Å². The lowest BCUT2D eigenvalue weighted by Crippen LogP contribution is -2.27. The van der Waals surface area contributed by atoms with E-state index in [0.29, 0.717) is 13.0 Å². The van der Waals surface area contributed by atoms with Crippen LogP contribution < -0.4 is 10.1 Å². The lowest BCUT2D eigenvalue weighted by atomic mass is 9.92. The molecule has 0 unspecified atom stereocenters. The summed E-state index contributed by atoms with van der Waals surface area (Å²) in [7, 11) is 0. The van der Waals surface area contributed by atoms with Gasteiger partial charge in [-0.15, -0.1) is 0 Å². The highest BCUT2D eigenvalue weighted by molar-refractivity contribution is 5.79. The average Bonchev–Trinajstić information content (AvgIpc) is 2.49. The first-order chi connectivity index (χ1) is 10.9. The number of carbonyl (C=O) groups is 1. The second-order valence-corrected chi connectivity index (χ2v) is 6.51. The minimum absolute atomic E-state index is 0.00918. The van der Waals surface area contributed by atoms with Gasteiger partial charge in [0.25, 0.3) is 0 Å². The van der Waals surface area contributed by atoms with Crippen molar-refractivity contribution in [2.45, 2.75) is 27.2 Å². The third-order valence-electron chi connectivity index (χ3n) is 3.08. The molecule has 0 atom stereocenters. The fourth-order valence-corrected chi connectivity index (χ4v) is 2.06. The molecule has 0 spiro atoms. The first-order valence-corrected chi connectivity index (χ1v) is 7.64.